The Balaban J connectivity index is 1.55. The summed E-state index contributed by atoms with van der Waals surface area (Å²) in [6.07, 6.45) is -15.8. The van der Waals surface area contributed by atoms with Gasteiger partial charge in [0.15, 0.2) is 6.23 Å². The van der Waals surface area contributed by atoms with E-state index < -0.39 is 207 Å². The molecule has 0 bridgehead atoms. The van der Waals surface area contributed by atoms with Crippen molar-refractivity contribution >= 4 is 70.8 Å². The molecule has 0 spiro atoms. The number of aromatic hydroxyl groups is 1. The van der Waals surface area contributed by atoms with E-state index in [1.165, 1.54) is 6.26 Å². The Bertz CT molecular complexity index is 2760. The normalized spacial score (nSPS) is 26.7. The molecule has 2 aromatic rings. The number of phenols is 1. The number of carbonyl (C=O) groups is 10. The SMILES string of the molecule is CC(C)C[C@H](NC(=O)[C@H](CC[S+](C)[O-])NC=O)C(=O)N[C@@H](Cc1ccccc1)C(=O)NCC[C@@H](O)[C@@H]1NC(=O)[C@H]([C@H](O)[C@@H](O)c2ccc(O)cc2)NC(=O)[C@@H]2C[C@@H](O)CN2C(=O)[C@H]([C@@H](C)O)NC(=O)C(N)C[C@@H](O)[C@@H](OCCN)NC(=O)[C@@H]2[C@@H](O)CCN2C1=O. The summed E-state index contributed by atoms with van der Waals surface area (Å²) in [7, 11) is 0. The summed E-state index contributed by atoms with van der Waals surface area (Å²) < 4.78 is 17.5. The first-order chi connectivity index (χ1) is 42.6. The second kappa shape index (κ2) is 34.9. The van der Waals surface area contributed by atoms with Crippen molar-refractivity contribution in [1.29, 1.82) is 0 Å². The van der Waals surface area contributed by atoms with Gasteiger partial charge in [0.25, 0.3) is 0 Å². The molecule has 3 heterocycles. The third kappa shape index (κ3) is 20.7. The van der Waals surface area contributed by atoms with Crippen LogP contribution in [0.5, 0.6) is 5.75 Å². The number of hydrogen-bond acceptors (Lipinski definition) is 22. The van der Waals surface area contributed by atoms with Crippen LogP contribution in [0.1, 0.15) is 76.5 Å². The average molecular weight is 1290 g/mol. The summed E-state index contributed by atoms with van der Waals surface area (Å²) in [4.78, 5) is 142. The number of hydrogen-bond donors (Lipinski definition) is 18. The lowest BCUT2D eigenvalue weighted by Gasteiger charge is -2.35. The molecule has 0 aliphatic carbocycles. The van der Waals surface area contributed by atoms with Crippen molar-refractivity contribution in [2.24, 2.45) is 17.4 Å². The average Bonchev–Trinajstić information content (AvgIpc) is 1.91. The quantitative estimate of drug-likeness (QED) is 0.0324. The summed E-state index contributed by atoms with van der Waals surface area (Å²) >= 11 is -1.34. The standard InChI is InChI=1S/C57H86N12O20S/c1-28(2)22-36(62-50(81)35(61-27-70)16-21-90(4)88)51(82)63-37(23-30-8-6-5-7-9-30)49(80)60-18-14-39(74)43-57(87)68-19-15-40(75)45(68)54(85)67-55(89-20-17-58)41(76)25-34(59)48(79)64-42(29(3)71)56(86)69-26-33(73)24-38(69)52(83)66-44(53(84)65-43)47(78)46(77)31-10-12-32(72)13-11-31/h5-13,27-29,33-47,55,71-78H,14-26,58-59H2,1-4H3,(H,60,80)(H,61,70)(H,62,81)(H,63,82)(H,64,79)(H,65,84)(H,66,83)(H,67,85)/t29-,33-,34?,35+,36+,37+,38+,39-,40+,41-,42+,43+,44+,45+,46+,47+,55-,90?/m1/s1. The first-order valence-corrected chi connectivity index (χ1v) is 31.2. The van der Waals surface area contributed by atoms with Crippen LogP contribution >= 0.6 is 0 Å². The lowest BCUT2D eigenvalue weighted by atomic mass is 9.96. The summed E-state index contributed by atoms with van der Waals surface area (Å²) in [6, 6.07) is -2.82. The highest BCUT2D eigenvalue weighted by Gasteiger charge is 2.49. The Morgan fingerprint density at radius 3 is 2.01 bits per heavy atom. The van der Waals surface area contributed by atoms with Crippen LogP contribution in [0.4, 0.5) is 0 Å². The van der Waals surface area contributed by atoms with Gasteiger partial charge in [0.05, 0.1) is 43.3 Å². The molecule has 33 heteroatoms. The molecule has 18 atom stereocenters. The van der Waals surface area contributed by atoms with Crippen LogP contribution in [0.25, 0.3) is 0 Å². The number of amides is 10. The maximum absolute atomic E-state index is 15.1. The van der Waals surface area contributed by atoms with Gasteiger partial charge >= 0.3 is 0 Å². The predicted molar refractivity (Wildman–Crippen MR) is 318 cm³/mol. The van der Waals surface area contributed by atoms with Gasteiger partial charge in [0.1, 0.15) is 78.1 Å². The van der Waals surface area contributed by atoms with Crippen molar-refractivity contribution in [1.82, 2.24) is 52.3 Å². The fourth-order valence-electron chi connectivity index (χ4n) is 10.6. The van der Waals surface area contributed by atoms with Gasteiger partial charge in [-0.25, -0.2) is 0 Å². The third-order valence-electron chi connectivity index (χ3n) is 15.4. The largest absolute Gasteiger partial charge is 0.617 e. The third-order valence-corrected chi connectivity index (χ3v) is 16.2. The van der Waals surface area contributed by atoms with Crippen LogP contribution in [0, 0.1) is 5.92 Å². The molecule has 5 rings (SSSR count). The van der Waals surface area contributed by atoms with Crippen LogP contribution in [0.2, 0.25) is 0 Å². The Morgan fingerprint density at radius 1 is 0.767 bits per heavy atom. The molecule has 2 unspecified atom stereocenters. The Labute approximate surface area is 522 Å². The fraction of sp³-hybridized carbons (Fsp3) is 0.614. The van der Waals surface area contributed by atoms with Crippen molar-refractivity contribution in [2.75, 3.05) is 44.8 Å². The number of nitrogens with zero attached hydrogens (tertiary/aromatic N) is 2. The molecular weight excluding hydrogens is 1200 g/mol. The summed E-state index contributed by atoms with van der Waals surface area (Å²) in [6.45, 7) is 2.52. The molecule has 0 radical (unpaired) electrons. The maximum atomic E-state index is 15.1. The van der Waals surface area contributed by atoms with Crippen molar-refractivity contribution < 1.29 is 98.1 Å². The molecule has 500 valence electrons. The van der Waals surface area contributed by atoms with Crippen LogP contribution in [0.3, 0.4) is 0 Å². The van der Waals surface area contributed by atoms with E-state index in [1.54, 1.807) is 44.2 Å². The van der Waals surface area contributed by atoms with Gasteiger partial charge in [-0.05, 0) is 55.4 Å². The fourth-order valence-corrected chi connectivity index (χ4v) is 11.1. The number of ether oxygens (including phenoxy) is 1. The number of aliphatic hydroxyl groups excluding tert-OH is 7. The minimum atomic E-state index is -2.41. The Kier molecular flexibility index (Phi) is 28.5. The van der Waals surface area contributed by atoms with Crippen molar-refractivity contribution in [3.05, 3.63) is 65.7 Å². The predicted octanol–water partition coefficient (Wildman–Crippen LogP) is -7.94. The summed E-state index contributed by atoms with van der Waals surface area (Å²) in [5, 5.41) is 110. The minimum Gasteiger partial charge on any atom is -0.617 e. The van der Waals surface area contributed by atoms with Gasteiger partial charge in [-0.1, -0.05) is 67.5 Å². The van der Waals surface area contributed by atoms with E-state index in [4.69, 9.17) is 16.2 Å². The minimum absolute atomic E-state index is 0.0276. The van der Waals surface area contributed by atoms with Gasteiger partial charge in [0.2, 0.25) is 59.6 Å². The monoisotopic (exact) mass is 1290 g/mol. The van der Waals surface area contributed by atoms with E-state index in [-0.39, 0.29) is 68.2 Å². The van der Waals surface area contributed by atoms with Crippen molar-refractivity contribution in [3.8, 4) is 5.75 Å². The van der Waals surface area contributed by atoms with E-state index in [1.807, 2.05) is 0 Å². The number of fused-ring (bicyclic) bond motifs is 2. The van der Waals surface area contributed by atoms with Crippen LogP contribution < -0.4 is 54.0 Å². The second-order valence-electron chi connectivity index (χ2n) is 22.9. The van der Waals surface area contributed by atoms with E-state index >= 15 is 4.79 Å². The van der Waals surface area contributed by atoms with Gasteiger partial charge < -0.3 is 114 Å². The number of benzene rings is 2. The van der Waals surface area contributed by atoms with Gasteiger partial charge in [0, 0.05) is 51.9 Å². The van der Waals surface area contributed by atoms with E-state index in [9.17, 15) is 88.6 Å². The number of carbonyl (C=O) groups excluding carboxylic acids is 10. The molecule has 3 aliphatic rings. The molecule has 32 nitrogen and oxygen atoms in total. The molecule has 0 aromatic heterocycles. The number of aliphatic hydroxyl groups is 7. The molecule has 3 aliphatic heterocycles. The van der Waals surface area contributed by atoms with E-state index in [0.717, 1.165) is 41.0 Å². The zero-order valence-corrected chi connectivity index (χ0v) is 51.1. The van der Waals surface area contributed by atoms with Crippen molar-refractivity contribution in [2.45, 2.75) is 169 Å². The Morgan fingerprint density at radius 2 is 1.39 bits per heavy atom. The zero-order chi connectivity index (χ0) is 66.7. The van der Waals surface area contributed by atoms with Crippen LogP contribution in [0.15, 0.2) is 54.6 Å². The summed E-state index contributed by atoms with van der Waals surface area (Å²) in [5.74, 6) is -10.5. The topological polar surface area (TPSA) is 520 Å². The van der Waals surface area contributed by atoms with E-state index in [2.05, 4.69) is 42.5 Å². The van der Waals surface area contributed by atoms with Gasteiger partial charge in [-0.3, -0.25) is 47.9 Å². The number of nitrogens with two attached hydrogens (primary N) is 2. The first-order valence-electron chi connectivity index (χ1n) is 29.4. The second-order valence-corrected chi connectivity index (χ2v) is 24.5. The smallest absolute Gasteiger partial charge is 0.248 e. The Hall–Kier alpha value is -7.15. The number of phenolic OH excluding ortho intramolecular Hbond substituents is 1. The van der Waals surface area contributed by atoms with Crippen LogP contribution in [-0.4, -0.2) is 257 Å². The van der Waals surface area contributed by atoms with Crippen molar-refractivity contribution in [3.63, 3.8) is 0 Å². The molecule has 90 heavy (non-hydrogen) atoms. The highest BCUT2D eigenvalue weighted by molar-refractivity contribution is 7.90. The summed E-state index contributed by atoms with van der Waals surface area (Å²) in [5.41, 5.74) is 12.3. The molecule has 20 N–H and O–H groups in total. The van der Waals surface area contributed by atoms with Crippen LogP contribution in [-0.2, 0) is 70.3 Å². The lowest BCUT2D eigenvalue weighted by molar-refractivity contribution is -0.149. The highest BCUT2D eigenvalue weighted by Crippen LogP contribution is 2.26. The lowest BCUT2D eigenvalue weighted by Crippen LogP contribution is -2.64. The molecular formula is C57H86N12O20S. The first kappa shape index (κ1) is 73.6. The molecule has 0 saturated carbocycles. The molecule has 2 aromatic carbocycles. The highest BCUT2D eigenvalue weighted by atomic mass is 32.2. The van der Waals surface area contributed by atoms with Gasteiger partial charge in [-0.15, -0.1) is 0 Å². The maximum Gasteiger partial charge on any atom is 0.248 e. The van der Waals surface area contributed by atoms with Gasteiger partial charge in [-0.2, -0.15) is 0 Å². The zero-order valence-electron chi connectivity index (χ0n) is 50.3. The molecule has 3 saturated heterocycles. The number of rotatable bonds is 25. The molecule has 10 amide bonds. The molecule has 3 fully saturated rings. The van der Waals surface area contributed by atoms with E-state index in [0.29, 0.717) is 5.56 Å². The number of nitrogens with one attached hydrogen (secondary N) is 8.